The van der Waals surface area contributed by atoms with Gasteiger partial charge in [-0.3, -0.25) is 0 Å². The smallest absolute Gasteiger partial charge is 0.0235 e. The lowest BCUT2D eigenvalue weighted by Crippen LogP contribution is -2.34. The zero-order chi connectivity index (χ0) is 13.8. The highest BCUT2D eigenvalue weighted by Crippen LogP contribution is 2.29. The Labute approximate surface area is 117 Å². The molecule has 0 fully saturated rings. The Balaban J connectivity index is 2.84. The van der Waals surface area contributed by atoms with Crippen LogP contribution in [0.3, 0.4) is 0 Å². The van der Waals surface area contributed by atoms with E-state index in [-0.39, 0.29) is 5.41 Å². The molecular formula is C16H26ClN. The second-order valence-electron chi connectivity index (χ2n) is 5.88. The topological polar surface area (TPSA) is 12.0 Å². The number of halogens is 1. The maximum atomic E-state index is 5.70. The molecular weight excluding hydrogens is 242 g/mol. The first-order chi connectivity index (χ1) is 8.38. The molecule has 0 aliphatic rings. The minimum Gasteiger partial charge on any atom is -0.316 e. The van der Waals surface area contributed by atoms with E-state index >= 15 is 0 Å². The summed E-state index contributed by atoms with van der Waals surface area (Å²) < 4.78 is 0. The Morgan fingerprint density at radius 1 is 1.11 bits per heavy atom. The molecule has 0 amide bonds. The summed E-state index contributed by atoms with van der Waals surface area (Å²) in [5, 5.41) is 3.51. The van der Waals surface area contributed by atoms with Gasteiger partial charge < -0.3 is 5.32 Å². The minimum absolute atomic E-state index is 0.161. The van der Waals surface area contributed by atoms with Crippen LogP contribution in [0.5, 0.6) is 0 Å². The highest BCUT2D eigenvalue weighted by atomic mass is 35.5. The van der Waals surface area contributed by atoms with E-state index in [0.29, 0.717) is 0 Å². The molecule has 1 nitrogen and oxygen atoms in total. The van der Waals surface area contributed by atoms with Gasteiger partial charge >= 0.3 is 0 Å². The van der Waals surface area contributed by atoms with Crippen molar-refractivity contribution in [3.63, 3.8) is 0 Å². The number of rotatable bonds is 6. The van der Waals surface area contributed by atoms with Gasteiger partial charge in [-0.2, -0.15) is 0 Å². The van der Waals surface area contributed by atoms with Gasteiger partial charge in [-0.1, -0.05) is 31.5 Å². The van der Waals surface area contributed by atoms with Crippen LogP contribution in [0.4, 0.5) is 0 Å². The van der Waals surface area contributed by atoms with Crippen LogP contribution in [0, 0.1) is 20.8 Å². The summed E-state index contributed by atoms with van der Waals surface area (Å²) in [6, 6.07) is 4.56. The van der Waals surface area contributed by atoms with E-state index in [1.54, 1.807) is 0 Å². The zero-order valence-corrected chi connectivity index (χ0v) is 13.1. The van der Waals surface area contributed by atoms with Crippen molar-refractivity contribution >= 4 is 11.6 Å². The predicted molar refractivity (Wildman–Crippen MR) is 81.9 cm³/mol. The van der Waals surface area contributed by atoms with Crippen molar-refractivity contribution in [1.29, 1.82) is 0 Å². The molecule has 1 N–H and O–H groups in total. The molecule has 0 bridgehead atoms. The molecule has 1 aromatic carbocycles. The molecule has 102 valence electrons. The van der Waals surface area contributed by atoms with Gasteiger partial charge in [-0.15, -0.1) is 11.6 Å². The first-order valence-electron chi connectivity index (χ1n) is 6.73. The van der Waals surface area contributed by atoms with E-state index in [4.69, 9.17) is 11.6 Å². The van der Waals surface area contributed by atoms with E-state index in [9.17, 15) is 0 Å². The third-order valence-corrected chi connectivity index (χ3v) is 3.68. The number of benzene rings is 1. The van der Waals surface area contributed by atoms with Crippen LogP contribution >= 0.6 is 11.6 Å². The summed E-state index contributed by atoms with van der Waals surface area (Å²) in [4.78, 5) is 0. The monoisotopic (exact) mass is 267 g/mol. The third kappa shape index (κ3) is 4.00. The second kappa shape index (κ2) is 6.58. The molecule has 0 aromatic heterocycles. The van der Waals surface area contributed by atoms with E-state index in [1.165, 1.54) is 22.3 Å². The Hall–Kier alpha value is -0.530. The fourth-order valence-electron chi connectivity index (χ4n) is 2.93. The van der Waals surface area contributed by atoms with Crippen molar-refractivity contribution < 1.29 is 0 Å². The van der Waals surface area contributed by atoms with Gasteiger partial charge in [-0.25, -0.2) is 0 Å². The molecule has 0 aliphatic carbocycles. The van der Waals surface area contributed by atoms with Crippen LogP contribution in [-0.4, -0.2) is 19.0 Å². The molecule has 0 saturated carbocycles. The van der Waals surface area contributed by atoms with Crippen LogP contribution in [0.1, 0.15) is 42.5 Å². The van der Waals surface area contributed by atoms with Crippen LogP contribution in [-0.2, 0) is 5.41 Å². The van der Waals surface area contributed by atoms with Crippen molar-refractivity contribution in [3.05, 3.63) is 34.4 Å². The van der Waals surface area contributed by atoms with Crippen molar-refractivity contribution in [1.82, 2.24) is 5.32 Å². The standard InChI is InChI=1S/C16H26ClN/c1-12-9-13(2)15(14(3)10-12)16(4,5)11-18-8-6-7-17/h9-10,18H,6-8,11H2,1-5H3. The zero-order valence-electron chi connectivity index (χ0n) is 12.4. The lowest BCUT2D eigenvalue weighted by atomic mass is 9.79. The number of nitrogens with one attached hydrogen (secondary N) is 1. The van der Waals surface area contributed by atoms with Crippen molar-refractivity contribution in [3.8, 4) is 0 Å². The molecule has 0 spiro atoms. The van der Waals surface area contributed by atoms with E-state index in [2.05, 4.69) is 52.1 Å². The average Bonchev–Trinajstić information content (AvgIpc) is 2.22. The highest BCUT2D eigenvalue weighted by Gasteiger charge is 2.24. The fourth-order valence-corrected chi connectivity index (χ4v) is 3.06. The minimum atomic E-state index is 0.161. The summed E-state index contributed by atoms with van der Waals surface area (Å²) in [6.45, 7) is 13.2. The van der Waals surface area contributed by atoms with Crippen LogP contribution in [0.25, 0.3) is 0 Å². The lowest BCUT2D eigenvalue weighted by Gasteiger charge is -2.30. The largest absolute Gasteiger partial charge is 0.316 e. The molecule has 1 aromatic rings. The first-order valence-corrected chi connectivity index (χ1v) is 7.27. The summed E-state index contributed by atoms with van der Waals surface area (Å²) in [6.07, 6.45) is 1.03. The van der Waals surface area contributed by atoms with Crippen LogP contribution in [0.15, 0.2) is 12.1 Å². The molecule has 1 rings (SSSR count). The average molecular weight is 268 g/mol. The van der Waals surface area contributed by atoms with Gasteiger partial charge in [0.25, 0.3) is 0 Å². The van der Waals surface area contributed by atoms with Gasteiger partial charge in [0, 0.05) is 17.8 Å². The Kier molecular flexibility index (Phi) is 5.68. The summed E-state index contributed by atoms with van der Waals surface area (Å²) in [5.74, 6) is 0.732. The normalized spacial score (nSPS) is 11.9. The molecule has 2 heteroatoms. The van der Waals surface area contributed by atoms with E-state index in [0.717, 1.165) is 25.4 Å². The predicted octanol–water partition coefficient (Wildman–Crippen LogP) is 4.11. The Morgan fingerprint density at radius 2 is 1.67 bits per heavy atom. The highest BCUT2D eigenvalue weighted by molar-refractivity contribution is 6.17. The Morgan fingerprint density at radius 3 is 2.17 bits per heavy atom. The van der Waals surface area contributed by atoms with E-state index in [1.807, 2.05) is 0 Å². The quantitative estimate of drug-likeness (QED) is 0.604. The molecule has 0 heterocycles. The summed E-state index contributed by atoms with van der Waals surface area (Å²) in [7, 11) is 0. The third-order valence-electron chi connectivity index (χ3n) is 3.41. The van der Waals surface area contributed by atoms with Gasteiger partial charge in [0.15, 0.2) is 0 Å². The Bertz CT molecular complexity index is 373. The van der Waals surface area contributed by atoms with Crippen LogP contribution in [0.2, 0.25) is 0 Å². The van der Waals surface area contributed by atoms with Gasteiger partial charge in [0.2, 0.25) is 0 Å². The van der Waals surface area contributed by atoms with Crippen molar-refractivity contribution in [2.24, 2.45) is 0 Å². The molecule has 0 radical (unpaired) electrons. The summed E-state index contributed by atoms with van der Waals surface area (Å²) in [5.41, 5.74) is 5.79. The fraction of sp³-hybridized carbons (Fsp3) is 0.625. The number of hydrogen-bond donors (Lipinski definition) is 1. The molecule has 0 aliphatic heterocycles. The number of hydrogen-bond acceptors (Lipinski definition) is 1. The lowest BCUT2D eigenvalue weighted by molar-refractivity contribution is 0.465. The molecule has 0 unspecified atom stereocenters. The van der Waals surface area contributed by atoms with Crippen LogP contribution < -0.4 is 5.32 Å². The molecule has 0 saturated heterocycles. The van der Waals surface area contributed by atoms with E-state index < -0.39 is 0 Å². The maximum Gasteiger partial charge on any atom is 0.0235 e. The van der Waals surface area contributed by atoms with Gasteiger partial charge in [0.05, 0.1) is 0 Å². The van der Waals surface area contributed by atoms with Gasteiger partial charge in [-0.05, 0) is 50.4 Å². The maximum absolute atomic E-state index is 5.70. The van der Waals surface area contributed by atoms with Crippen molar-refractivity contribution in [2.45, 2.75) is 46.5 Å². The van der Waals surface area contributed by atoms with Crippen molar-refractivity contribution in [2.75, 3.05) is 19.0 Å². The molecule has 0 atom stereocenters. The molecule has 18 heavy (non-hydrogen) atoms. The number of aryl methyl sites for hydroxylation is 3. The first kappa shape index (κ1) is 15.5. The SMILES string of the molecule is Cc1cc(C)c(C(C)(C)CNCCCCl)c(C)c1. The summed E-state index contributed by atoms with van der Waals surface area (Å²) >= 11 is 5.70. The second-order valence-corrected chi connectivity index (χ2v) is 6.25. The number of alkyl halides is 1. The van der Waals surface area contributed by atoms with Gasteiger partial charge in [0.1, 0.15) is 0 Å².